The Morgan fingerprint density at radius 2 is 2.04 bits per heavy atom. The minimum absolute atomic E-state index is 0.0876. The molecule has 2 aromatic heterocycles. The zero-order chi connectivity index (χ0) is 17.1. The number of hydrogen-bond donors (Lipinski definition) is 1. The van der Waals surface area contributed by atoms with Crippen LogP contribution in [-0.2, 0) is 13.1 Å². The summed E-state index contributed by atoms with van der Waals surface area (Å²) in [5, 5.41) is 7.99. The summed E-state index contributed by atoms with van der Waals surface area (Å²) >= 11 is 0. The number of nitrogens with one attached hydrogen (secondary N) is 1. The van der Waals surface area contributed by atoms with Gasteiger partial charge in [0.05, 0.1) is 19.4 Å². The lowest BCUT2D eigenvalue weighted by molar-refractivity contribution is 0.164. The van der Waals surface area contributed by atoms with Gasteiger partial charge in [0.15, 0.2) is 5.58 Å². The number of para-hydroxylation sites is 1. The van der Waals surface area contributed by atoms with Gasteiger partial charge in [-0.05, 0) is 37.1 Å². The predicted molar refractivity (Wildman–Crippen MR) is 92.8 cm³/mol. The molecule has 1 aromatic carbocycles. The van der Waals surface area contributed by atoms with E-state index in [1.807, 2.05) is 41.3 Å². The van der Waals surface area contributed by atoms with Gasteiger partial charge < -0.3 is 19.2 Å². The first-order valence-corrected chi connectivity index (χ1v) is 8.71. The van der Waals surface area contributed by atoms with Crippen LogP contribution in [0, 0.1) is 0 Å². The molecule has 0 spiro atoms. The van der Waals surface area contributed by atoms with Crippen molar-refractivity contribution in [1.29, 1.82) is 0 Å². The molecular formula is C19H21N3O3. The van der Waals surface area contributed by atoms with Crippen LogP contribution in [0.1, 0.15) is 37.1 Å². The number of furan rings is 1. The smallest absolute Gasteiger partial charge is 0.318 e. The van der Waals surface area contributed by atoms with E-state index < -0.39 is 0 Å². The van der Waals surface area contributed by atoms with Crippen LogP contribution in [0.15, 0.2) is 51.6 Å². The Kier molecular flexibility index (Phi) is 4.41. The molecule has 1 N–H and O–H groups in total. The minimum Gasteiger partial charge on any atom is -0.467 e. The summed E-state index contributed by atoms with van der Waals surface area (Å²) in [5.41, 5.74) is 1.48. The molecule has 0 saturated heterocycles. The molecular weight excluding hydrogens is 318 g/mol. The first kappa shape index (κ1) is 15.7. The number of benzene rings is 1. The quantitative estimate of drug-likeness (QED) is 0.760. The zero-order valence-corrected chi connectivity index (χ0v) is 14.0. The lowest BCUT2D eigenvalue weighted by Gasteiger charge is -2.28. The Hall–Kier alpha value is -2.76. The van der Waals surface area contributed by atoms with E-state index in [1.54, 1.807) is 6.26 Å². The number of amides is 2. The molecule has 0 aliphatic heterocycles. The Balaban J connectivity index is 1.46. The van der Waals surface area contributed by atoms with Crippen molar-refractivity contribution in [3.63, 3.8) is 0 Å². The Bertz CT molecular complexity index is 835. The van der Waals surface area contributed by atoms with E-state index in [4.69, 9.17) is 8.94 Å². The van der Waals surface area contributed by atoms with Gasteiger partial charge in [-0.25, -0.2) is 4.79 Å². The fraction of sp³-hybridized carbons (Fsp3) is 0.368. The highest BCUT2D eigenvalue weighted by Crippen LogP contribution is 2.25. The molecule has 3 aromatic rings. The summed E-state index contributed by atoms with van der Waals surface area (Å²) in [6.07, 6.45) is 6.06. The second-order valence-electron chi connectivity index (χ2n) is 6.43. The van der Waals surface area contributed by atoms with Crippen molar-refractivity contribution in [1.82, 2.24) is 15.4 Å². The van der Waals surface area contributed by atoms with Crippen molar-refractivity contribution in [2.24, 2.45) is 0 Å². The van der Waals surface area contributed by atoms with Crippen molar-refractivity contribution in [2.75, 3.05) is 0 Å². The highest BCUT2D eigenvalue weighted by atomic mass is 16.5. The average molecular weight is 339 g/mol. The molecule has 1 aliphatic carbocycles. The van der Waals surface area contributed by atoms with Crippen LogP contribution in [0.5, 0.6) is 0 Å². The van der Waals surface area contributed by atoms with Crippen molar-refractivity contribution in [3.8, 4) is 0 Å². The minimum atomic E-state index is -0.0876. The van der Waals surface area contributed by atoms with Crippen molar-refractivity contribution < 1.29 is 13.7 Å². The SMILES string of the molecule is O=C(NCc1noc2ccccc12)N(Cc1ccco1)C1CCCC1. The molecule has 0 unspecified atom stereocenters. The zero-order valence-electron chi connectivity index (χ0n) is 14.0. The number of rotatable bonds is 5. The maximum atomic E-state index is 12.8. The molecule has 130 valence electrons. The topological polar surface area (TPSA) is 71.5 Å². The number of fused-ring (bicyclic) bond motifs is 1. The number of urea groups is 1. The van der Waals surface area contributed by atoms with E-state index in [-0.39, 0.29) is 12.1 Å². The van der Waals surface area contributed by atoms with Gasteiger partial charge in [-0.1, -0.05) is 30.1 Å². The van der Waals surface area contributed by atoms with E-state index >= 15 is 0 Å². The third-order valence-electron chi connectivity index (χ3n) is 4.79. The van der Waals surface area contributed by atoms with Gasteiger partial charge in [-0.3, -0.25) is 0 Å². The van der Waals surface area contributed by atoms with Gasteiger partial charge in [-0.2, -0.15) is 0 Å². The fourth-order valence-corrected chi connectivity index (χ4v) is 3.48. The molecule has 4 rings (SSSR count). The summed E-state index contributed by atoms with van der Waals surface area (Å²) in [5.74, 6) is 0.800. The number of carbonyl (C=O) groups excluding carboxylic acids is 1. The van der Waals surface area contributed by atoms with Crippen LogP contribution in [-0.4, -0.2) is 22.1 Å². The van der Waals surface area contributed by atoms with Crippen molar-refractivity contribution >= 4 is 17.0 Å². The van der Waals surface area contributed by atoms with Crippen LogP contribution >= 0.6 is 0 Å². The highest BCUT2D eigenvalue weighted by Gasteiger charge is 2.27. The first-order chi connectivity index (χ1) is 12.3. The fourth-order valence-electron chi connectivity index (χ4n) is 3.48. The molecule has 1 saturated carbocycles. The second-order valence-corrected chi connectivity index (χ2v) is 6.43. The molecule has 2 heterocycles. The number of nitrogens with zero attached hydrogens (tertiary/aromatic N) is 2. The largest absolute Gasteiger partial charge is 0.467 e. The summed E-state index contributed by atoms with van der Waals surface area (Å²) in [4.78, 5) is 14.7. The molecule has 1 fully saturated rings. The van der Waals surface area contributed by atoms with Crippen LogP contribution < -0.4 is 5.32 Å². The molecule has 1 aliphatic rings. The van der Waals surface area contributed by atoms with Crippen LogP contribution in [0.2, 0.25) is 0 Å². The van der Waals surface area contributed by atoms with Gasteiger partial charge >= 0.3 is 6.03 Å². The number of aromatic nitrogens is 1. The normalized spacial score (nSPS) is 14.9. The van der Waals surface area contributed by atoms with E-state index in [0.717, 1.165) is 35.3 Å². The highest BCUT2D eigenvalue weighted by molar-refractivity contribution is 5.80. The van der Waals surface area contributed by atoms with E-state index in [2.05, 4.69) is 10.5 Å². The Labute approximate surface area is 145 Å². The monoisotopic (exact) mass is 339 g/mol. The van der Waals surface area contributed by atoms with Crippen molar-refractivity contribution in [3.05, 3.63) is 54.1 Å². The summed E-state index contributed by atoms with van der Waals surface area (Å²) < 4.78 is 10.7. The predicted octanol–water partition coefficient (Wildman–Crippen LogP) is 4.08. The van der Waals surface area contributed by atoms with Gasteiger partial charge in [-0.15, -0.1) is 0 Å². The molecule has 0 atom stereocenters. The molecule has 25 heavy (non-hydrogen) atoms. The maximum absolute atomic E-state index is 12.8. The second kappa shape index (κ2) is 7.01. The standard InChI is InChI=1S/C19H21N3O3/c23-19(20-12-17-16-9-3-4-10-18(16)25-21-17)22(14-6-1-2-7-14)13-15-8-5-11-24-15/h3-5,8-11,14H,1-2,6-7,12-13H2,(H,20,23). The van der Waals surface area contributed by atoms with Crippen LogP contribution in [0.3, 0.4) is 0 Å². The first-order valence-electron chi connectivity index (χ1n) is 8.71. The van der Waals surface area contributed by atoms with Gasteiger partial charge in [0.25, 0.3) is 0 Å². The molecule has 0 bridgehead atoms. The van der Waals surface area contributed by atoms with Crippen LogP contribution in [0.25, 0.3) is 11.0 Å². The van der Waals surface area contributed by atoms with E-state index in [1.165, 1.54) is 12.8 Å². The van der Waals surface area contributed by atoms with Gasteiger partial charge in [0.2, 0.25) is 0 Å². The molecule has 2 amide bonds. The van der Waals surface area contributed by atoms with Crippen LogP contribution in [0.4, 0.5) is 4.79 Å². The van der Waals surface area contributed by atoms with Crippen molar-refractivity contribution in [2.45, 2.75) is 44.8 Å². The maximum Gasteiger partial charge on any atom is 0.318 e. The molecule has 0 radical (unpaired) electrons. The van der Waals surface area contributed by atoms with Gasteiger partial charge in [0, 0.05) is 11.4 Å². The molecule has 6 nitrogen and oxygen atoms in total. The lowest BCUT2D eigenvalue weighted by atomic mass is 10.2. The summed E-state index contributed by atoms with van der Waals surface area (Å²) in [6, 6.07) is 11.6. The Morgan fingerprint density at radius 3 is 2.84 bits per heavy atom. The van der Waals surface area contributed by atoms with E-state index in [0.29, 0.717) is 13.1 Å². The summed E-state index contributed by atoms with van der Waals surface area (Å²) in [6.45, 7) is 0.834. The van der Waals surface area contributed by atoms with Gasteiger partial charge in [0.1, 0.15) is 11.5 Å². The summed E-state index contributed by atoms with van der Waals surface area (Å²) in [7, 11) is 0. The Morgan fingerprint density at radius 1 is 1.20 bits per heavy atom. The molecule has 6 heteroatoms. The van der Waals surface area contributed by atoms with E-state index in [9.17, 15) is 4.79 Å². The lowest BCUT2D eigenvalue weighted by Crippen LogP contribution is -2.44. The number of carbonyl (C=O) groups is 1. The average Bonchev–Trinajstić information content (AvgIpc) is 3.39. The third-order valence-corrected chi connectivity index (χ3v) is 4.79. The number of hydrogen-bond acceptors (Lipinski definition) is 4. The third kappa shape index (κ3) is 3.38.